The zero-order valence-electron chi connectivity index (χ0n) is 13.1. The summed E-state index contributed by atoms with van der Waals surface area (Å²) in [4.78, 5) is 6.61. The summed E-state index contributed by atoms with van der Waals surface area (Å²) in [5.74, 6) is 1.69. The zero-order chi connectivity index (χ0) is 15.2. The minimum Gasteiger partial charge on any atom is -0.361 e. The lowest BCUT2D eigenvalue weighted by Crippen LogP contribution is -2.36. The first kappa shape index (κ1) is 15.1. The average Bonchev–Trinajstić information content (AvgIpc) is 2.79. The molecule has 0 saturated carbocycles. The van der Waals surface area contributed by atoms with Crippen molar-refractivity contribution in [1.29, 1.82) is 0 Å². The smallest absolute Gasteiger partial charge is 0.194 e. The maximum absolute atomic E-state index is 5.17. The van der Waals surface area contributed by atoms with Gasteiger partial charge in [0.25, 0.3) is 0 Å². The molecule has 2 aromatic rings. The van der Waals surface area contributed by atoms with Crippen LogP contribution in [0.3, 0.4) is 0 Å². The standard InChI is InChI=1S/C16H22N4O/c1-12-15(13(2)21-19-12)11-18-16(20(3)4)17-10-14-8-6-5-7-9-14/h5-9H,10-11H2,1-4H3,(H,17,18). The number of hydrogen-bond acceptors (Lipinski definition) is 3. The molecule has 0 amide bonds. The van der Waals surface area contributed by atoms with Gasteiger partial charge in [0.05, 0.1) is 12.2 Å². The molecule has 112 valence electrons. The van der Waals surface area contributed by atoms with Crippen molar-refractivity contribution in [2.75, 3.05) is 14.1 Å². The first-order chi connectivity index (χ1) is 10.1. The Morgan fingerprint density at radius 3 is 2.52 bits per heavy atom. The summed E-state index contributed by atoms with van der Waals surface area (Å²) in [7, 11) is 3.95. The third-order valence-corrected chi connectivity index (χ3v) is 3.28. The van der Waals surface area contributed by atoms with Crippen LogP contribution in [0.2, 0.25) is 0 Å². The molecule has 0 aliphatic rings. The van der Waals surface area contributed by atoms with Gasteiger partial charge in [0.2, 0.25) is 0 Å². The van der Waals surface area contributed by atoms with E-state index >= 15 is 0 Å². The fraction of sp³-hybridized carbons (Fsp3) is 0.375. The van der Waals surface area contributed by atoms with Crippen LogP contribution in [0.15, 0.2) is 39.8 Å². The van der Waals surface area contributed by atoms with E-state index < -0.39 is 0 Å². The second-order valence-corrected chi connectivity index (χ2v) is 5.18. The molecule has 1 aromatic carbocycles. The van der Waals surface area contributed by atoms with Crippen molar-refractivity contribution in [2.45, 2.75) is 26.9 Å². The van der Waals surface area contributed by atoms with Gasteiger partial charge in [0.1, 0.15) is 5.76 Å². The van der Waals surface area contributed by atoms with Gasteiger partial charge in [-0.05, 0) is 19.4 Å². The van der Waals surface area contributed by atoms with Crippen LogP contribution in [0, 0.1) is 13.8 Å². The van der Waals surface area contributed by atoms with E-state index in [2.05, 4.69) is 27.6 Å². The first-order valence-electron chi connectivity index (χ1n) is 6.99. The molecule has 0 radical (unpaired) electrons. The van der Waals surface area contributed by atoms with Crippen LogP contribution in [0.25, 0.3) is 0 Å². The van der Waals surface area contributed by atoms with E-state index in [-0.39, 0.29) is 0 Å². The van der Waals surface area contributed by atoms with Gasteiger partial charge in [0.15, 0.2) is 5.96 Å². The molecule has 0 saturated heterocycles. The normalized spacial score (nSPS) is 11.5. The summed E-state index contributed by atoms with van der Waals surface area (Å²) in [6.07, 6.45) is 0. The highest BCUT2D eigenvalue weighted by atomic mass is 16.5. The topological polar surface area (TPSA) is 53.7 Å². The summed E-state index contributed by atoms with van der Waals surface area (Å²) in [6.45, 7) is 5.19. The molecule has 0 atom stereocenters. The molecule has 1 N–H and O–H groups in total. The molecule has 0 spiro atoms. The number of aliphatic imine (C=N–C) groups is 1. The molecule has 0 bridgehead atoms. The molecular formula is C16H22N4O. The number of hydrogen-bond donors (Lipinski definition) is 1. The van der Waals surface area contributed by atoms with E-state index in [1.54, 1.807) is 0 Å². The van der Waals surface area contributed by atoms with Crippen LogP contribution in [-0.2, 0) is 13.1 Å². The monoisotopic (exact) mass is 286 g/mol. The third-order valence-electron chi connectivity index (χ3n) is 3.28. The Bertz CT molecular complexity index is 582. The minimum absolute atomic E-state index is 0.656. The molecular weight excluding hydrogens is 264 g/mol. The Morgan fingerprint density at radius 1 is 1.24 bits per heavy atom. The van der Waals surface area contributed by atoms with Gasteiger partial charge in [-0.3, -0.25) is 0 Å². The number of aryl methyl sites for hydroxylation is 2. The summed E-state index contributed by atoms with van der Waals surface area (Å²) in [6, 6.07) is 10.2. The van der Waals surface area contributed by atoms with Crippen LogP contribution < -0.4 is 5.32 Å². The van der Waals surface area contributed by atoms with Gasteiger partial charge >= 0.3 is 0 Å². The SMILES string of the molecule is Cc1noc(C)c1CNC(=NCc1ccccc1)N(C)C. The van der Waals surface area contributed by atoms with E-state index in [4.69, 9.17) is 4.52 Å². The Labute approximate surface area is 125 Å². The van der Waals surface area contributed by atoms with Crippen molar-refractivity contribution in [1.82, 2.24) is 15.4 Å². The quantitative estimate of drug-likeness (QED) is 0.693. The van der Waals surface area contributed by atoms with Gasteiger partial charge in [-0.15, -0.1) is 0 Å². The Kier molecular flexibility index (Phi) is 4.98. The van der Waals surface area contributed by atoms with Gasteiger partial charge in [0, 0.05) is 26.2 Å². The summed E-state index contributed by atoms with van der Waals surface area (Å²) in [5.41, 5.74) is 3.20. The lowest BCUT2D eigenvalue weighted by molar-refractivity contribution is 0.392. The molecule has 0 aliphatic heterocycles. The number of benzene rings is 1. The molecule has 5 nitrogen and oxygen atoms in total. The molecule has 0 aliphatic carbocycles. The number of nitrogens with one attached hydrogen (secondary N) is 1. The van der Waals surface area contributed by atoms with E-state index in [1.807, 2.05) is 51.0 Å². The van der Waals surface area contributed by atoms with Gasteiger partial charge in [-0.1, -0.05) is 35.5 Å². The number of aromatic nitrogens is 1. The van der Waals surface area contributed by atoms with Crippen molar-refractivity contribution < 1.29 is 4.52 Å². The van der Waals surface area contributed by atoms with E-state index in [0.717, 1.165) is 23.0 Å². The predicted molar refractivity (Wildman–Crippen MR) is 84.1 cm³/mol. The lowest BCUT2D eigenvalue weighted by atomic mass is 10.2. The van der Waals surface area contributed by atoms with Crippen LogP contribution in [0.4, 0.5) is 0 Å². The lowest BCUT2D eigenvalue weighted by Gasteiger charge is -2.17. The molecule has 0 unspecified atom stereocenters. The summed E-state index contributed by atoms with van der Waals surface area (Å²) >= 11 is 0. The van der Waals surface area contributed by atoms with E-state index in [1.165, 1.54) is 5.56 Å². The van der Waals surface area contributed by atoms with Gasteiger partial charge in [-0.2, -0.15) is 0 Å². The number of rotatable bonds is 4. The number of nitrogens with zero attached hydrogens (tertiary/aromatic N) is 3. The van der Waals surface area contributed by atoms with Crippen LogP contribution in [0.5, 0.6) is 0 Å². The molecule has 1 heterocycles. The third kappa shape index (κ3) is 4.08. The van der Waals surface area contributed by atoms with Gasteiger partial charge in [-0.25, -0.2) is 4.99 Å². The predicted octanol–water partition coefficient (Wildman–Crippen LogP) is 2.50. The summed E-state index contributed by atoms with van der Waals surface area (Å²) in [5, 5.41) is 7.31. The summed E-state index contributed by atoms with van der Waals surface area (Å²) < 4.78 is 5.17. The number of guanidine groups is 1. The van der Waals surface area contributed by atoms with Crippen LogP contribution >= 0.6 is 0 Å². The molecule has 5 heteroatoms. The highest BCUT2D eigenvalue weighted by molar-refractivity contribution is 5.79. The van der Waals surface area contributed by atoms with Crippen LogP contribution in [-0.4, -0.2) is 30.1 Å². The van der Waals surface area contributed by atoms with Crippen molar-refractivity contribution in [3.8, 4) is 0 Å². The average molecular weight is 286 g/mol. The highest BCUT2D eigenvalue weighted by Crippen LogP contribution is 2.11. The Morgan fingerprint density at radius 2 is 1.95 bits per heavy atom. The maximum Gasteiger partial charge on any atom is 0.194 e. The first-order valence-corrected chi connectivity index (χ1v) is 6.99. The van der Waals surface area contributed by atoms with Crippen molar-refractivity contribution >= 4 is 5.96 Å². The van der Waals surface area contributed by atoms with E-state index in [9.17, 15) is 0 Å². The Balaban J connectivity index is 2.02. The minimum atomic E-state index is 0.656. The largest absolute Gasteiger partial charge is 0.361 e. The maximum atomic E-state index is 5.17. The second kappa shape index (κ2) is 6.92. The van der Waals surface area contributed by atoms with Crippen molar-refractivity contribution in [3.05, 3.63) is 52.9 Å². The fourth-order valence-electron chi connectivity index (χ4n) is 2.03. The Hall–Kier alpha value is -2.30. The van der Waals surface area contributed by atoms with Crippen molar-refractivity contribution in [3.63, 3.8) is 0 Å². The van der Waals surface area contributed by atoms with Gasteiger partial charge < -0.3 is 14.7 Å². The fourth-order valence-corrected chi connectivity index (χ4v) is 2.03. The molecule has 21 heavy (non-hydrogen) atoms. The van der Waals surface area contributed by atoms with Crippen molar-refractivity contribution in [2.24, 2.45) is 4.99 Å². The highest BCUT2D eigenvalue weighted by Gasteiger charge is 2.10. The molecule has 1 aromatic heterocycles. The second-order valence-electron chi connectivity index (χ2n) is 5.18. The van der Waals surface area contributed by atoms with E-state index in [0.29, 0.717) is 13.1 Å². The van der Waals surface area contributed by atoms with Crippen LogP contribution in [0.1, 0.15) is 22.6 Å². The molecule has 2 rings (SSSR count). The molecule has 0 fully saturated rings. The zero-order valence-corrected chi connectivity index (χ0v) is 13.1.